The Balaban J connectivity index is 2.53. The van der Waals surface area contributed by atoms with Crippen molar-refractivity contribution in [1.29, 1.82) is 0 Å². The summed E-state index contributed by atoms with van der Waals surface area (Å²) < 4.78 is 53.9. The standard InChI is InChI=1S/C45H74O12S/c1-3-5-7-9-11-13-15-17-19-21-23-25-27-29-31-33-40(46)54-35-38(36-55-45-44(50)43(49)42(48)39(57-45)37-58(51,52)53)56-41(47)34-32-30-28-26-24-22-20-18-16-14-12-10-8-6-4-2/h6,8,12,14-15,18-20,24,26,38-39,42-45,48-50H,3-5,7,9-11,13,16,21-23,25,27-37H2,1-2H3,(H,51,52,53)/b8-6+,14-12+,20-18+,26-24+/t17?,38-,39-,42-,43?,44?,45+/m1/s1. The highest BCUT2D eigenvalue weighted by atomic mass is 32.2. The van der Waals surface area contributed by atoms with Crippen molar-refractivity contribution in [2.75, 3.05) is 19.0 Å². The highest BCUT2D eigenvalue weighted by molar-refractivity contribution is 7.85. The molecule has 2 unspecified atom stereocenters. The average molecular weight is 839 g/mol. The van der Waals surface area contributed by atoms with Crippen LogP contribution in [0, 0.1) is 0 Å². The van der Waals surface area contributed by atoms with E-state index >= 15 is 0 Å². The molecule has 0 aliphatic carbocycles. The number of esters is 2. The van der Waals surface area contributed by atoms with Crippen molar-refractivity contribution in [3.05, 3.63) is 66.5 Å². The van der Waals surface area contributed by atoms with Crippen LogP contribution in [0.4, 0.5) is 0 Å². The minimum absolute atomic E-state index is 0.104. The predicted molar refractivity (Wildman–Crippen MR) is 227 cm³/mol. The molecule has 0 spiro atoms. The van der Waals surface area contributed by atoms with E-state index in [0.29, 0.717) is 12.8 Å². The van der Waals surface area contributed by atoms with Crippen LogP contribution in [0.5, 0.6) is 0 Å². The molecule has 0 bridgehead atoms. The highest BCUT2D eigenvalue weighted by Crippen LogP contribution is 2.24. The minimum atomic E-state index is -4.61. The van der Waals surface area contributed by atoms with Crippen LogP contribution in [0.15, 0.2) is 66.5 Å². The van der Waals surface area contributed by atoms with E-state index in [9.17, 15) is 37.9 Å². The highest BCUT2D eigenvalue weighted by Gasteiger charge is 2.46. The van der Waals surface area contributed by atoms with E-state index in [1.54, 1.807) is 0 Å². The molecule has 4 N–H and O–H groups in total. The molecule has 1 aliphatic heterocycles. The Morgan fingerprint density at radius 1 is 0.655 bits per heavy atom. The zero-order valence-electron chi connectivity index (χ0n) is 35.2. The smallest absolute Gasteiger partial charge is 0.306 e. The Hall–Kier alpha value is -2.87. The summed E-state index contributed by atoms with van der Waals surface area (Å²) in [5.74, 6) is -2.07. The summed E-state index contributed by atoms with van der Waals surface area (Å²) in [6, 6.07) is 0. The molecule has 0 aromatic heterocycles. The van der Waals surface area contributed by atoms with Crippen LogP contribution in [0.2, 0.25) is 0 Å². The van der Waals surface area contributed by atoms with Crippen molar-refractivity contribution in [3.8, 4) is 0 Å². The van der Waals surface area contributed by atoms with Crippen LogP contribution < -0.4 is 0 Å². The fraction of sp³-hybridized carbons (Fsp3) is 0.711. The molecule has 1 rings (SSSR count). The molecule has 0 amide bonds. The summed E-state index contributed by atoms with van der Waals surface area (Å²) in [7, 11) is -4.61. The second-order valence-corrected chi connectivity index (χ2v) is 16.2. The number of rotatable bonds is 34. The number of hydrogen-bond acceptors (Lipinski definition) is 11. The van der Waals surface area contributed by atoms with Crippen molar-refractivity contribution < 1.29 is 56.8 Å². The van der Waals surface area contributed by atoms with Crippen molar-refractivity contribution in [1.82, 2.24) is 0 Å². The van der Waals surface area contributed by atoms with Gasteiger partial charge in [0.05, 0.1) is 6.61 Å². The van der Waals surface area contributed by atoms with Crippen molar-refractivity contribution in [3.63, 3.8) is 0 Å². The van der Waals surface area contributed by atoms with E-state index in [2.05, 4.69) is 80.3 Å². The third kappa shape index (κ3) is 29.4. The average Bonchev–Trinajstić information content (AvgIpc) is 3.18. The minimum Gasteiger partial charge on any atom is -0.462 e. The van der Waals surface area contributed by atoms with Gasteiger partial charge in [0.2, 0.25) is 0 Å². The van der Waals surface area contributed by atoms with Gasteiger partial charge in [-0.15, -0.1) is 5.73 Å². The molecular formula is C45H74O12S. The van der Waals surface area contributed by atoms with Gasteiger partial charge in [-0.3, -0.25) is 14.1 Å². The maximum Gasteiger partial charge on any atom is 0.306 e. The lowest BCUT2D eigenvalue weighted by atomic mass is 10.00. The zero-order chi connectivity index (χ0) is 42.7. The number of allylic oxidation sites excluding steroid dienone is 9. The molecule has 12 nitrogen and oxygen atoms in total. The first kappa shape index (κ1) is 53.1. The van der Waals surface area contributed by atoms with Gasteiger partial charge in [-0.1, -0.05) is 107 Å². The van der Waals surface area contributed by atoms with Crippen LogP contribution >= 0.6 is 0 Å². The Morgan fingerprint density at radius 2 is 1.19 bits per heavy atom. The van der Waals surface area contributed by atoms with Gasteiger partial charge in [0.1, 0.15) is 36.8 Å². The summed E-state index contributed by atoms with van der Waals surface area (Å²) in [6.07, 6.45) is 30.5. The number of carbonyl (C=O) groups is 2. The van der Waals surface area contributed by atoms with Crippen LogP contribution in [0.3, 0.4) is 0 Å². The molecule has 13 heteroatoms. The van der Waals surface area contributed by atoms with E-state index in [1.807, 2.05) is 0 Å². The molecule has 0 radical (unpaired) electrons. The zero-order valence-corrected chi connectivity index (χ0v) is 36.0. The molecule has 1 saturated heterocycles. The molecule has 0 saturated carbocycles. The van der Waals surface area contributed by atoms with E-state index in [4.69, 9.17) is 18.9 Å². The molecule has 0 aromatic carbocycles. The van der Waals surface area contributed by atoms with Gasteiger partial charge in [-0.2, -0.15) is 8.42 Å². The third-order valence-electron chi connectivity index (χ3n) is 9.36. The van der Waals surface area contributed by atoms with Gasteiger partial charge >= 0.3 is 11.9 Å². The number of aliphatic hydroxyl groups is 3. The van der Waals surface area contributed by atoms with E-state index < -0.39 is 71.2 Å². The molecule has 332 valence electrons. The number of carbonyl (C=O) groups excluding carboxylic acids is 2. The van der Waals surface area contributed by atoms with Gasteiger partial charge < -0.3 is 34.3 Å². The molecule has 0 aromatic rings. The lowest BCUT2D eigenvalue weighted by molar-refractivity contribution is -0.297. The van der Waals surface area contributed by atoms with Crippen LogP contribution in [0.1, 0.15) is 149 Å². The molecule has 6 atom stereocenters. The van der Waals surface area contributed by atoms with Gasteiger partial charge in [-0.25, -0.2) is 0 Å². The fourth-order valence-electron chi connectivity index (χ4n) is 6.00. The molecular weight excluding hydrogens is 765 g/mol. The Kier molecular flexibility index (Phi) is 32.0. The lowest BCUT2D eigenvalue weighted by Crippen LogP contribution is -2.60. The van der Waals surface area contributed by atoms with Crippen molar-refractivity contribution in [2.24, 2.45) is 0 Å². The first-order valence-electron chi connectivity index (χ1n) is 21.6. The Morgan fingerprint density at radius 3 is 1.81 bits per heavy atom. The summed E-state index contributed by atoms with van der Waals surface area (Å²) in [5, 5.41) is 30.8. The molecule has 1 fully saturated rings. The SMILES string of the molecule is CC/C=C/C/C=C/C/C=C/C/C=C/CCCCC(=O)O[C@H](COC(=O)CCCCCCCC=C=CCCCCCCC)CO[C@H]1O[C@H](CS(=O)(=O)O)[C@@H](O)C(O)C1O. The van der Waals surface area contributed by atoms with E-state index in [0.717, 1.165) is 77.0 Å². The largest absolute Gasteiger partial charge is 0.462 e. The van der Waals surface area contributed by atoms with Crippen LogP contribution in [0.25, 0.3) is 0 Å². The quantitative estimate of drug-likeness (QED) is 0.0160. The summed E-state index contributed by atoms with van der Waals surface area (Å²) in [6.45, 7) is 3.55. The van der Waals surface area contributed by atoms with Crippen LogP contribution in [-0.2, 0) is 38.7 Å². The van der Waals surface area contributed by atoms with Gasteiger partial charge in [0, 0.05) is 12.8 Å². The first-order valence-corrected chi connectivity index (χ1v) is 23.2. The van der Waals surface area contributed by atoms with Crippen molar-refractivity contribution in [2.45, 2.75) is 185 Å². The third-order valence-corrected chi connectivity index (χ3v) is 10.1. The number of ether oxygens (including phenoxy) is 4. The maximum absolute atomic E-state index is 12.8. The molecule has 58 heavy (non-hydrogen) atoms. The van der Waals surface area contributed by atoms with Gasteiger partial charge in [0.25, 0.3) is 10.1 Å². The monoisotopic (exact) mass is 838 g/mol. The topological polar surface area (TPSA) is 186 Å². The maximum atomic E-state index is 12.8. The fourth-order valence-corrected chi connectivity index (χ4v) is 6.69. The van der Waals surface area contributed by atoms with Crippen molar-refractivity contribution >= 4 is 22.1 Å². The first-order chi connectivity index (χ1) is 28.0. The number of hydrogen-bond donors (Lipinski definition) is 4. The predicted octanol–water partition coefficient (Wildman–Crippen LogP) is 8.32. The lowest BCUT2D eigenvalue weighted by Gasteiger charge is -2.40. The van der Waals surface area contributed by atoms with Crippen LogP contribution in [-0.4, -0.2) is 96.0 Å². The second kappa shape index (κ2) is 34.9. The van der Waals surface area contributed by atoms with Gasteiger partial charge in [0.15, 0.2) is 12.4 Å². The van der Waals surface area contributed by atoms with Gasteiger partial charge in [-0.05, 0) is 89.2 Å². The summed E-state index contributed by atoms with van der Waals surface area (Å²) in [4.78, 5) is 25.3. The second-order valence-electron chi connectivity index (χ2n) is 14.7. The Labute approximate surface area is 348 Å². The summed E-state index contributed by atoms with van der Waals surface area (Å²) >= 11 is 0. The normalized spacial score (nSPS) is 20.6. The molecule has 1 aliphatic rings. The van der Waals surface area contributed by atoms with E-state index in [-0.39, 0.29) is 19.4 Å². The van der Waals surface area contributed by atoms with E-state index in [1.165, 1.54) is 32.1 Å². The molecule has 1 heterocycles. The number of aliphatic hydroxyl groups excluding tert-OH is 3. The Bertz CT molecular complexity index is 1370. The summed E-state index contributed by atoms with van der Waals surface area (Å²) in [5.41, 5.74) is 3.27. The number of unbranched alkanes of at least 4 members (excludes halogenated alkanes) is 12.